The highest BCUT2D eigenvalue weighted by atomic mass is 16.7. The Bertz CT molecular complexity index is 5220. The van der Waals surface area contributed by atoms with Crippen molar-refractivity contribution in [2.45, 2.75) is 418 Å². The lowest BCUT2D eigenvalue weighted by atomic mass is 9.44. The molecule has 7 aliphatic heterocycles. The topological polar surface area (TPSA) is 330 Å². The van der Waals surface area contributed by atoms with Crippen LogP contribution in [0.2, 0.25) is 0 Å². The van der Waals surface area contributed by atoms with Gasteiger partial charge in [0, 0.05) is 80.3 Å². The van der Waals surface area contributed by atoms with E-state index in [0.29, 0.717) is 68.7 Å². The van der Waals surface area contributed by atoms with Crippen molar-refractivity contribution in [1.82, 2.24) is 14.7 Å². The Morgan fingerprint density at radius 2 is 0.910 bits per heavy atom. The molecule has 7 saturated heterocycles. The zero-order chi connectivity index (χ0) is 107. The smallest absolute Gasteiger partial charge is 0.413 e. The fourth-order valence-corrected chi connectivity index (χ4v) is 28.9. The van der Waals surface area contributed by atoms with Crippen LogP contribution in [0.3, 0.4) is 0 Å². The van der Waals surface area contributed by atoms with Gasteiger partial charge in [-0.05, 0) is 262 Å². The standard InChI is InChI=1S/C47H69NO10.C26H40O5.C21H31NO6.C21H31NO5/c1-16-35-55-34-21-33-45(13,23-53-33)38-28(7)47(44(11,12)51)22-32(26(5)36(47)27(6)39(56-35)46(34,38)14)54-41(49)37-30(19-24(2)3)48(42(50)58-43(8,9)10)40(57-37)29-18-17-25(4)20-31(29)52-15;1-9-19-30-18-10-17-24(7,12-29-17)21-15(4)26(23(5,6)28)11-16(27)13(2)20(26)14(3)22(31-19)25(18,21)8;1-13(2)10-17-19(26-12-23)27-18(22(17)20(24)28-21(4,5)6)16-9-8-15(25-7)11-14(16)3;1-13(2)11-16-19(25-12-23)26-18(17-14(3)9-8-10-15(17)4)22(16)20(24)27-21(5,6)7/h16-18,20,24,27-28,30,32-35,37-40,51H,1,19,21-23H2,2-15H3;9,14-19,21-22,27-28H,1,10-12H2,2-8H3;8-9,11-13,17-19H,10H2,1-7H3;8-10,12-13,16,18-19H,11H2,1-7H3/t27-,28-,30-,32-,33+,34-,35?,37+,38+,39-,40?,45+,46+,47+;14-,15-,16-,17+,18-,19?,21+,22-,24+,25+,26+;17-,18?,19+;16-,18?,19+/m0000/s1. The fraction of sp³-hybridized carbons (Fsp3) is 0.722. The zero-order valence-corrected chi connectivity index (χ0v) is 92.5. The van der Waals surface area contributed by atoms with Gasteiger partial charge in [-0.15, -0.1) is 0 Å². The SMILES string of the molecule is C=CC1O[C@H]2C[C@H]3OC[C@@]3(C)[C@H]3[C@H](C)[C@]4(C(C)(C)O)C[C@H](O)C(C)=C4[C@H](C)[C@H](O1)[C@]23C.C=CC1O[C@H]2C[C@H]3OC[C@@]3(C)[C@H]3[C@H](C)[C@]4(C(C)(C)O)C[C@H](OC(=O)[C@@H]5OC(c6ccc(C)cc6OC)N(C(=O)OC(C)(C)C)[C@H]5CC(C)C)C(C)=C4[C@H](C)[C@H](O1)[C@]23C.COc1ccc(C2O[C@@H](OC=O)[C@H](CC(C)C)N2C(=O)OC(C)(C)C)c(C)c1.Cc1cccc(C)c1C1O[C@@H](OC=O)[C@H](CC(C)C)N1C(=O)OC(C)(C)C. The van der Waals surface area contributed by atoms with Crippen molar-refractivity contribution < 1.29 is 125 Å². The van der Waals surface area contributed by atoms with Crippen LogP contribution in [0.1, 0.15) is 303 Å². The molecule has 0 aromatic heterocycles. The third-order valence-electron chi connectivity index (χ3n) is 34.4. The van der Waals surface area contributed by atoms with Gasteiger partial charge >= 0.3 is 24.2 Å². The molecule has 4 saturated carbocycles. The molecule has 5 unspecified atom stereocenters. The quantitative estimate of drug-likeness (QED) is 0.0386. The first-order valence-corrected chi connectivity index (χ1v) is 52.3. The predicted octanol–water partition coefficient (Wildman–Crippen LogP) is 21.0. The van der Waals surface area contributed by atoms with E-state index in [9.17, 15) is 44.1 Å². The number of hydrogen-bond acceptors (Lipinski definition) is 26. The molecule has 0 radical (unpaired) electrons. The molecular weight excluding hydrogens is 1840 g/mol. The minimum atomic E-state index is -1.21. The molecule has 7 heterocycles. The molecule has 0 spiro atoms. The molecule has 3 amide bonds. The number of amides is 3. The van der Waals surface area contributed by atoms with Crippen LogP contribution in [0, 0.1) is 113 Å². The summed E-state index contributed by atoms with van der Waals surface area (Å²) in [6, 6.07) is 15.6. The molecule has 31 atom stereocenters. The number of ether oxygens (including phenoxy) is 17. The Morgan fingerprint density at radius 3 is 1.31 bits per heavy atom. The monoisotopic (exact) mass is 2010 g/mol. The summed E-state index contributed by atoms with van der Waals surface area (Å²) in [7, 11) is 3.18. The number of benzene rings is 3. The second-order valence-electron chi connectivity index (χ2n) is 49.7. The average molecular weight is 2010 g/mol. The number of aryl methyl sites for hydroxylation is 4. The Labute approximate surface area is 856 Å². The van der Waals surface area contributed by atoms with Gasteiger partial charge in [-0.2, -0.15) is 0 Å². The van der Waals surface area contributed by atoms with Crippen molar-refractivity contribution in [2.24, 2.45) is 85.8 Å². The van der Waals surface area contributed by atoms with Gasteiger partial charge in [0.15, 0.2) is 37.4 Å². The summed E-state index contributed by atoms with van der Waals surface area (Å²) >= 11 is 0. The minimum absolute atomic E-state index is 0.00559. The van der Waals surface area contributed by atoms with E-state index in [4.69, 9.17) is 80.5 Å². The number of fused-ring (bicyclic) bond motifs is 6. The maximum Gasteiger partial charge on any atom is 0.413 e. The molecule has 0 bridgehead atoms. The van der Waals surface area contributed by atoms with Crippen molar-refractivity contribution in [3.05, 3.63) is 141 Å². The maximum absolute atomic E-state index is 14.9. The van der Waals surface area contributed by atoms with E-state index in [1.165, 1.54) is 5.57 Å². The van der Waals surface area contributed by atoms with E-state index >= 15 is 0 Å². The molecule has 29 nitrogen and oxygen atoms in total. The highest BCUT2D eigenvalue weighted by Gasteiger charge is 2.78. The molecular formula is C115H171N3O26. The van der Waals surface area contributed by atoms with Crippen molar-refractivity contribution in [2.75, 3.05) is 27.4 Å². The minimum Gasteiger partial charge on any atom is -0.497 e. The average Bonchev–Trinajstić information content (AvgIpc) is 1.47. The van der Waals surface area contributed by atoms with Crippen molar-refractivity contribution in [3.8, 4) is 11.5 Å². The normalized spacial score (nSPS) is 37.2. The third-order valence-corrected chi connectivity index (χ3v) is 34.4. The number of hydrogen-bond donors (Lipinski definition) is 3. The molecule has 3 aromatic rings. The summed E-state index contributed by atoms with van der Waals surface area (Å²) in [5.74, 6) is 1.53. The number of methoxy groups -OCH3 is 2. The first-order chi connectivity index (χ1) is 66.9. The Kier molecular flexibility index (Phi) is 32.8. The Balaban J connectivity index is 0.000000172. The van der Waals surface area contributed by atoms with Gasteiger partial charge in [0.25, 0.3) is 12.9 Å². The molecule has 144 heavy (non-hydrogen) atoms. The third kappa shape index (κ3) is 20.4. The second-order valence-corrected chi connectivity index (χ2v) is 49.7. The van der Waals surface area contributed by atoms with Gasteiger partial charge in [0.2, 0.25) is 12.6 Å². The largest absolute Gasteiger partial charge is 0.497 e. The summed E-state index contributed by atoms with van der Waals surface area (Å²) in [6.07, 6.45) is -1.53. The van der Waals surface area contributed by atoms with Gasteiger partial charge in [-0.25, -0.2) is 19.2 Å². The highest BCUT2D eigenvalue weighted by Crippen LogP contribution is 2.76. The summed E-state index contributed by atoms with van der Waals surface area (Å²) in [5.41, 5.74) is 3.97. The van der Waals surface area contributed by atoms with E-state index in [2.05, 4.69) is 96.2 Å². The summed E-state index contributed by atoms with van der Waals surface area (Å²) < 4.78 is 103. The first-order valence-electron chi connectivity index (χ1n) is 52.3. The van der Waals surface area contributed by atoms with E-state index in [1.807, 2.05) is 200 Å². The predicted molar refractivity (Wildman–Crippen MR) is 543 cm³/mol. The van der Waals surface area contributed by atoms with E-state index < -0.39 is 149 Å². The number of nitrogens with zero attached hydrogens (tertiary/aromatic N) is 3. The van der Waals surface area contributed by atoms with Gasteiger partial charge in [-0.1, -0.05) is 158 Å². The van der Waals surface area contributed by atoms with Crippen LogP contribution in [0.25, 0.3) is 0 Å². The molecule has 3 N–H and O–H groups in total. The van der Waals surface area contributed by atoms with E-state index in [0.717, 1.165) is 69.5 Å². The lowest BCUT2D eigenvalue weighted by Crippen LogP contribution is -2.73. The molecule has 3 aromatic carbocycles. The summed E-state index contributed by atoms with van der Waals surface area (Å²) in [6.45, 7) is 76.7. The molecule has 13 aliphatic rings. The van der Waals surface area contributed by atoms with Crippen LogP contribution in [0.4, 0.5) is 14.4 Å². The van der Waals surface area contributed by atoms with Gasteiger partial charge in [0.05, 0.1) is 87.4 Å². The number of esters is 1. The molecule has 29 heteroatoms. The summed E-state index contributed by atoms with van der Waals surface area (Å²) in [4.78, 5) is 82.1. The van der Waals surface area contributed by atoms with E-state index in [1.54, 1.807) is 41.1 Å². The number of aliphatic hydroxyl groups excluding tert-OH is 1. The lowest BCUT2D eigenvalue weighted by molar-refractivity contribution is -0.370. The van der Waals surface area contributed by atoms with Crippen molar-refractivity contribution in [3.63, 3.8) is 0 Å². The molecule has 11 fully saturated rings. The highest BCUT2D eigenvalue weighted by molar-refractivity contribution is 5.80. The second kappa shape index (κ2) is 41.7. The first kappa shape index (κ1) is 113. The van der Waals surface area contributed by atoms with Gasteiger partial charge in [0.1, 0.15) is 46.5 Å². The lowest BCUT2D eigenvalue weighted by Gasteiger charge is -2.68. The van der Waals surface area contributed by atoms with Crippen LogP contribution in [-0.2, 0) is 85.4 Å². The number of carbonyl (C=O) groups excluding carboxylic acids is 6. The van der Waals surface area contributed by atoms with Crippen LogP contribution in [0.15, 0.2) is 102 Å². The summed E-state index contributed by atoms with van der Waals surface area (Å²) in [5, 5.41) is 35.5. The number of aliphatic hydroxyl groups is 3. The van der Waals surface area contributed by atoms with Crippen LogP contribution >= 0.6 is 0 Å². The molecule has 802 valence electrons. The molecule has 6 aliphatic carbocycles. The van der Waals surface area contributed by atoms with Crippen LogP contribution in [-0.4, -0.2) is 221 Å². The zero-order valence-electron chi connectivity index (χ0n) is 92.5. The fourth-order valence-electron chi connectivity index (χ4n) is 28.9. The molecule has 16 rings (SSSR count). The van der Waals surface area contributed by atoms with Crippen LogP contribution < -0.4 is 9.47 Å². The van der Waals surface area contributed by atoms with Crippen LogP contribution in [0.5, 0.6) is 11.5 Å². The van der Waals surface area contributed by atoms with E-state index in [-0.39, 0.29) is 106 Å². The van der Waals surface area contributed by atoms with Gasteiger partial charge < -0.3 is 95.8 Å². The maximum atomic E-state index is 14.9. The van der Waals surface area contributed by atoms with Gasteiger partial charge in [-0.3, -0.25) is 24.3 Å². The van der Waals surface area contributed by atoms with Crippen molar-refractivity contribution in [1.29, 1.82) is 0 Å². The number of carbonyl (C=O) groups is 6. The van der Waals surface area contributed by atoms with Crippen molar-refractivity contribution >= 4 is 37.2 Å². The Morgan fingerprint density at radius 1 is 0.500 bits per heavy atom. The number of rotatable bonds is 21. The Hall–Kier alpha value is -8.04.